The largest absolute Gasteiger partial charge is 0.481 e. The maximum atomic E-state index is 10.9. The Morgan fingerprint density at radius 3 is 2.44 bits per heavy atom. The topological polar surface area (TPSA) is 60.8 Å². The highest BCUT2D eigenvalue weighted by Gasteiger charge is 2.43. The van der Waals surface area contributed by atoms with Crippen LogP contribution in [0.3, 0.4) is 0 Å². The van der Waals surface area contributed by atoms with Crippen LogP contribution < -0.4 is 0 Å². The Morgan fingerprint density at radius 1 is 1.22 bits per heavy atom. The van der Waals surface area contributed by atoms with Gasteiger partial charge in [0.15, 0.2) is 0 Å². The summed E-state index contributed by atoms with van der Waals surface area (Å²) in [6, 6.07) is 0.691. The third-order valence-electron chi connectivity index (χ3n) is 5.29. The third kappa shape index (κ3) is 2.28. The number of hydrogen-bond donors (Lipinski definition) is 2. The lowest BCUT2D eigenvalue weighted by Gasteiger charge is -2.40. The summed E-state index contributed by atoms with van der Waals surface area (Å²) in [7, 11) is 0. The number of aliphatic carboxylic acids is 1. The van der Waals surface area contributed by atoms with E-state index in [0.29, 0.717) is 31.7 Å². The molecule has 2 bridgehead atoms. The summed E-state index contributed by atoms with van der Waals surface area (Å²) in [5.41, 5.74) is -0.629. The Bertz CT molecular complexity index is 336. The molecular formula is C14H23NO3. The zero-order valence-corrected chi connectivity index (χ0v) is 10.8. The first-order valence-electron chi connectivity index (χ1n) is 7.25. The van der Waals surface area contributed by atoms with Gasteiger partial charge in [0.25, 0.3) is 0 Å². The number of aliphatic hydroxyl groups is 1. The number of carbonyl (C=O) groups is 1. The predicted molar refractivity (Wildman–Crippen MR) is 67.2 cm³/mol. The molecule has 0 amide bonds. The molecule has 1 heterocycles. The van der Waals surface area contributed by atoms with Gasteiger partial charge in [-0.05, 0) is 50.9 Å². The first-order valence-corrected chi connectivity index (χ1v) is 7.25. The van der Waals surface area contributed by atoms with E-state index in [0.717, 1.165) is 19.0 Å². The molecule has 0 aromatic heterocycles. The second-order valence-electron chi connectivity index (χ2n) is 6.60. The zero-order valence-electron chi connectivity index (χ0n) is 10.8. The lowest BCUT2D eigenvalue weighted by molar-refractivity contribution is -0.145. The smallest absolute Gasteiger partial charge is 0.306 e. The summed E-state index contributed by atoms with van der Waals surface area (Å²) in [5.74, 6) is -0.0773. The van der Waals surface area contributed by atoms with Crippen LogP contribution in [0.5, 0.6) is 0 Å². The first kappa shape index (κ1) is 12.4. The molecule has 2 aliphatic carbocycles. The van der Waals surface area contributed by atoms with E-state index in [-0.39, 0.29) is 5.92 Å². The van der Waals surface area contributed by atoms with Crippen molar-refractivity contribution in [2.45, 2.75) is 56.6 Å². The molecule has 1 saturated heterocycles. The molecule has 3 fully saturated rings. The molecule has 2 saturated carbocycles. The van der Waals surface area contributed by atoms with E-state index >= 15 is 0 Å². The third-order valence-corrected chi connectivity index (χ3v) is 5.29. The molecule has 0 aromatic rings. The van der Waals surface area contributed by atoms with Crippen LogP contribution >= 0.6 is 0 Å². The van der Waals surface area contributed by atoms with Gasteiger partial charge < -0.3 is 10.2 Å². The van der Waals surface area contributed by atoms with Crippen molar-refractivity contribution in [2.75, 3.05) is 13.1 Å². The summed E-state index contributed by atoms with van der Waals surface area (Å²) in [6.07, 6.45) is 6.53. The number of carboxylic acid groups (broad SMARTS) is 1. The molecule has 18 heavy (non-hydrogen) atoms. The van der Waals surface area contributed by atoms with Gasteiger partial charge in [0.2, 0.25) is 0 Å². The molecule has 102 valence electrons. The van der Waals surface area contributed by atoms with E-state index in [2.05, 4.69) is 4.90 Å². The number of piperidine rings is 1. The molecule has 0 radical (unpaired) electrons. The molecule has 2 atom stereocenters. The number of nitrogens with zero attached hydrogens (tertiary/aromatic N) is 1. The van der Waals surface area contributed by atoms with Crippen molar-refractivity contribution >= 4 is 5.97 Å². The van der Waals surface area contributed by atoms with E-state index < -0.39 is 11.6 Å². The van der Waals surface area contributed by atoms with Crippen LogP contribution in [-0.4, -0.2) is 45.8 Å². The average molecular weight is 253 g/mol. The molecule has 1 aliphatic heterocycles. The molecule has 4 heteroatoms. The van der Waals surface area contributed by atoms with Crippen molar-refractivity contribution < 1.29 is 15.0 Å². The first-order chi connectivity index (χ1) is 8.56. The number of likely N-dealkylation sites (tertiary alicyclic amines) is 1. The molecule has 4 nitrogen and oxygen atoms in total. The monoisotopic (exact) mass is 253 g/mol. The fraction of sp³-hybridized carbons (Fsp3) is 0.929. The van der Waals surface area contributed by atoms with Crippen molar-refractivity contribution in [1.82, 2.24) is 4.90 Å². The molecule has 2 unspecified atom stereocenters. The molecule has 0 aromatic carbocycles. The molecular weight excluding hydrogens is 230 g/mol. The number of fused-ring (bicyclic) bond motifs is 2. The quantitative estimate of drug-likeness (QED) is 0.799. The standard InChI is InChI=1S/C14H23NO3/c16-13(17)11-3-5-14(18,6-4-11)9-15-8-10-1-2-12(15)7-10/h10-12,18H,1-9H2,(H,16,17). The van der Waals surface area contributed by atoms with E-state index in [4.69, 9.17) is 5.11 Å². The predicted octanol–water partition coefficient (Wildman–Crippen LogP) is 1.48. The van der Waals surface area contributed by atoms with Gasteiger partial charge in [-0.3, -0.25) is 9.69 Å². The minimum atomic E-state index is -0.697. The van der Waals surface area contributed by atoms with Crippen molar-refractivity contribution in [1.29, 1.82) is 0 Å². The van der Waals surface area contributed by atoms with E-state index in [1.54, 1.807) is 0 Å². The molecule has 2 N–H and O–H groups in total. The lowest BCUT2D eigenvalue weighted by Crippen LogP contribution is -2.48. The van der Waals surface area contributed by atoms with E-state index in [1.165, 1.54) is 19.3 Å². The highest BCUT2D eigenvalue weighted by atomic mass is 16.4. The average Bonchev–Trinajstić information content (AvgIpc) is 2.91. The normalized spacial score (nSPS) is 44.4. The van der Waals surface area contributed by atoms with Crippen LogP contribution in [0.2, 0.25) is 0 Å². The van der Waals surface area contributed by atoms with Gasteiger partial charge in [0, 0.05) is 19.1 Å². The molecule has 3 rings (SSSR count). The fourth-order valence-electron chi connectivity index (χ4n) is 4.16. The van der Waals surface area contributed by atoms with Gasteiger partial charge in [-0.15, -0.1) is 0 Å². The summed E-state index contributed by atoms with van der Waals surface area (Å²) < 4.78 is 0. The Hall–Kier alpha value is -0.610. The second kappa shape index (κ2) is 4.49. The zero-order chi connectivity index (χ0) is 12.8. The highest BCUT2D eigenvalue weighted by Crippen LogP contribution is 2.40. The molecule has 3 aliphatic rings. The Kier molecular flexibility index (Phi) is 3.10. The van der Waals surface area contributed by atoms with Crippen LogP contribution in [-0.2, 0) is 4.79 Å². The van der Waals surface area contributed by atoms with Crippen LogP contribution in [0.1, 0.15) is 44.9 Å². The summed E-state index contributed by atoms with van der Waals surface area (Å²) in [4.78, 5) is 13.4. The van der Waals surface area contributed by atoms with E-state index in [9.17, 15) is 9.90 Å². The van der Waals surface area contributed by atoms with Crippen LogP contribution in [0.15, 0.2) is 0 Å². The van der Waals surface area contributed by atoms with Crippen molar-refractivity contribution in [2.24, 2.45) is 11.8 Å². The summed E-state index contributed by atoms with van der Waals surface area (Å²) >= 11 is 0. The van der Waals surface area contributed by atoms with Crippen molar-refractivity contribution in [3.05, 3.63) is 0 Å². The fourth-order valence-corrected chi connectivity index (χ4v) is 4.16. The Morgan fingerprint density at radius 2 is 1.94 bits per heavy atom. The van der Waals surface area contributed by atoms with Crippen LogP contribution in [0.25, 0.3) is 0 Å². The van der Waals surface area contributed by atoms with Crippen molar-refractivity contribution in [3.8, 4) is 0 Å². The highest BCUT2D eigenvalue weighted by molar-refractivity contribution is 5.70. The van der Waals surface area contributed by atoms with Crippen molar-refractivity contribution in [3.63, 3.8) is 0 Å². The van der Waals surface area contributed by atoms with Gasteiger partial charge >= 0.3 is 5.97 Å². The van der Waals surface area contributed by atoms with Gasteiger partial charge in [0.05, 0.1) is 11.5 Å². The van der Waals surface area contributed by atoms with Gasteiger partial charge in [-0.1, -0.05) is 0 Å². The Labute approximate surface area is 108 Å². The maximum Gasteiger partial charge on any atom is 0.306 e. The summed E-state index contributed by atoms with van der Waals surface area (Å²) in [6.45, 7) is 1.91. The number of hydrogen-bond acceptors (Lipinski definition) is 3. The van der Waals surface area contributed by atoms with E-state index in [1.807, 2.05) is 0 Å². The number of carboxylic acids is 1. The Balaban J connectivity index is 1.55. The molecule has 0 spiro atoms. The lowest BCUT2D eigenvalue weighted by atomic mass is 9.78. The minimum absolute atomic E-state index is 0.236. The second-order valence-corrected chi connectivity index (χ2v) is 6.60. The minimum Gasteiger partial charge on any atom is -0.481 e. The van der Waals surface area contributed by atoms with Gasteiger partial charge in [-0.25, -0.2) is 0 Å². The van der Waals surface area contributed by atoms with Crippen LogP contribution in [0.4, 0.5) is 0 Å². The van der Waals surface area contributed by atoms with Crippen LogP contribution in [0, 0.1) is 11.8 Å². The maximum absolute atomic E-state index is 10.9. The number of β-amino-alcohol motifs (C(OH)–C–C–N with tert-alkyl or cyclic N) is 1. The van der Waals surface area contributed by atoms with Gasteiger partial charge in [-0.2, -0.15) is 0 Å². The SMILES string of the molecule is O=C(O)C1CCC(O)(CN2CC3CCC2C3)CC1. The summed E-state index contributed by atoms with van der Waals surface area (Å²) in [5, 5.41) is 19.6. The van der Waals surface area contributed by atoms with Gasteiger partial charge in [0.1, 0.15) is 0 Å². The number of rotatable bonds is 3.